The number of carbonyl (C=O) groups is 1. The van der Waals surface area contributed by atoms with Crippen molar-refractivity contribution in [2.24, 2.45) is 0 Å². The zero-order valence-corrected chi connectivity index (χ0v) is 12.1. The Morgan fingerprint density at radius 1 is 1.38 bits per heavy atom. The van der Waals surface area contributed by atoms with Crippen LogP contribution in [0.1, 0.15) is 21.9 Å². The fourth-order valence-corrected chi connectivity index (χ4v) is 3.60. The standard InChI is InChI=1S/C16H13N3OS/c17-9-12-10-18-7-5-14(12)19-16(20)15-13-4-2-1-3-11(13)6-8-21-15/h1-5,7,10,15H,6,8H2,(H,18,19,20)/t15-/m1/s1. The Morgan fingerprint density at radius 3 is 3.10 bits per heavy atom. The maximum Gasteiger partial charge on any atom is 0.242 e. The number of thioether (sulfide) groups is 1. The van der Waals surface area contributed by atoms with Gasteiger partial charge in [-0.25, -0.2) is 0 Å². The van der Waals surface area contributed by atoms with Crippen molar-refractivity contribution in [3.63, 3.8) is 0 Å². The van der Waals surface area contributed by atoms with Crippen LogP contribution in [-0.4, -0.2) is 16.6 Å². The van der Waals surface area contributed by atoms with E-state index < -0.39 is 0 Å². The molecule has 1 atom stereocenters. The minimum absolute atomic E-state index is 0.0881. The third-order valence-electron chi connectivity index (χ3n) is 3.43. The van der Waals surface area contributed by atoms with Crippen molar-refractivity contribution in [2.75, 3.05) is 11.1 Å². The number of hydrogen-bond acceptors (Lipinski definition) is 4. The van der Waals surface area contributed by atoms with E-state index in [9.17, 15) is 4.79 Å². The zero-order chi connectivity index (χ0) is 14.7. The number of carbonyl (C=O) groups excluding carboxylic acids is 1. The van der Waals surface area contributed by atoms with Crippen molar-refractivity contribution >= 4 is 23.4 Å². The SMILES string of the molecule is N#Cc1cnccc1NC(=O)[C@@H]1SCCc2ccccc21. The number of fused-ring (bicyclic) bond motifs is 1. The number of rotatable bonds is 2. The molecule has 2 heterocycles. The molecule has 4 nitrogen and oxygen atoms in total. The molecule has 0 unspecified atom stereocenters. The number of aryl methyl sites for hydroxylation is 1. The number of nitrogens with zero attached hydrogens (tertiary/aromatic N) is 2. The van der Waals surface area contributed by atoms with Gasteiger partial charge in [0.05, 0.1) is 11.3 Å². The fourth-order valence-electron chi connectivity index (χ4n) is 2.40. The van der Waals surface area contributed by atoms with Crippen molar-refractivity contribution in [1.82, 2.24) is 4.98 Å². The highest BCUT2D eigenvalue weighted by Crippen LogP contribution is 2.37. The molecule has 1 aromatic heterocycles. The quantitative estimate of drug-likeness (QED) is 0.925. The van der Waals surface area contributed by atoms with Crippen molar-refractivity contribution in [3.05, 3.63) is 59.4 Å². The summed E-state index contributed by atoms with van der Waals surface area (Å²) in [4.78, 5) is 16.4. The molecule has 0 radical (unpaired) electrons. The fraction of sp³-hybridized carbons (Fsp3) is 0.188. The summed E-state index contributed by atoms with van der Waals surface area (Å²) in [5.74, 6) is 0.839. The molecule has 1 aliphatic rings. The molecule has 0 bridgehead atoms. The molecule has 0 saturated carbocycles. The Bertz CT molecular complexity index is 723. The van der Waals surface area contributed by atoms with Gasteiger partial charge in [-0.3, -0.25) is 9.78 Å². The van der Waals surface area contributed by atoms with Gasteiger partial charge in [-0.15, -0.1) is 11.8 Å². The van der Waals surface area contributed by atoms with Crippen molar-refractivity contribution in [2.45, 2.75) is 11.7 Å². The first-order valence-electron chi connectivity index (χ1n) is 6.64. The van der Waals surface area contributed by atoms with Gasteiger partial charge >= 0.3 is 0 Å². The lowest BCUT2D eigenvalue weighted by Crippen LogP contribution is -2.23. The number of hydrogen-bond donors (Lipinski definition) is 1. The first kappa shape index (κ1) is 13.7. The molecule has 0 saturated heterocycles. The Kier molecular flexibility index (Phi) is 3.89. The second-order valence-corrected chi connectivity index (χ2v) is 5.93. The van der Waals surface area contributed by atoms with Crippen LogP contribution in [0.5, 0.6) is 0 Å². The molecule has 5 heteroatoms. The van der Waals surface area contributed by atoms with Crippen LogP contribution in [0, 0.1) is 11.3 Å². The van der Waals surface area contributed by atoms with E-state index in [1.165, 1.54) is 11.8 Å². The normalized spacial score (nSPS) is 16.6. The summed E-state index contributed by atoms with van der Waals surface area (Å²) in [6.07, 6.45) is 4.01. The molecule has 104 valence electrons. The van der Waals surface area contributed by atoms with Gasteiger partial charge in [-0.2, -0.15) is 5.26 Å². The van der Waals surface area contributed by atoms with E-state index in [1.807, 2.05) is 24.3 Å². The van der Waals surface area contributed by atoms with Gasteiger partial charge in [0.2, 0.25) is 5.91 Å². The molecular weight excluding hydrogens is 282 g/mol. The topological polar surface area (TPSA) is 65.8 Å². The Hall–Kier alpha value is -2.32. The second-order valence-electron chi connectivity index (χ2n) is 4.72. The molecular formula is C16H13N3OS. The molecule has 0 fully saturated rings. The van der Waals surface area contributed by atoms with Crippen LogP contribution in [0.25, 0.3) is 0 Å². The smallest absolute Gasteiger partial charge is 0.242 e. The summed E-state index contributed by atoms with van der Waals surface area (Å²) in [6.45, 7) is 0. The van der Waals surface area contributed by atoms with Crippen LogP contribution in [0.4, 0.5) is 5.69 Å². The molecule has 0 aliphatic carbocycles. The molecule has 1 amide bonds. The number of nitriles is 1. The first-order valence-corrected chi connectivity index (χ1v) is 7.69. The predicted octanol–water partition coefficient (Wildman–Crippen LogP) is 2.92. The number of amides is 1. The predicted molar refractivity (Wildman–Crippen MR) is 82.9 cm³/mol. The largest absolute Gasteiger partial charge is 0.324 e. The summed E-state index contributed by atoms with van der Waals surface area (Å²) >= 11 is 1.64. The van der Waals surface area contributed by atoms with Gasteiger partial charge in [0.15, 0.2) is 0 Å². The monoisotopic (exact) mass is 295 g/mol. The molecule has 1 aliphatic heterocycles. The average molecular weight is 295 g/mol. The van der Waals surface area contributed by atoms with Crippen LogP contribution in [0.2, 0.25) is 0 Å². The molecule has 1 aromatic carbocycles. The van der Waals surface area contributed by atoms with Gasteiger partial charge in [-0.1, -0.05) is 24.3 Å². The lowest BCUT2D eigenvalue weighted by Gasteiger charge is -2.24. The van der Waals surface area contributed by atoms with E-state index in [-0.39, 0.29) is 11.2 Å². The summed E-state index contributed by atoms with van der Waals surface area (Å²) < 4.78 is 0. The number of aromatic nitrogens is 1. The van der Waals surface area contributed by atoms with Crippen LogP contribution in [0.3, 0.4) is 0 Å². The Morgan fingerprint density at radius 2 is 2.24 bits per heavy atom. The molecule has 2 aromatic rings. The third-order valence-corrected chi connectivity index (χ3v) is 4.67. The van der Waals surface area contributed by atoms with Crippen LogP contribution >= 0.6 is 11.8 Å². The maximum atomic E-state index is 12.5. The number of pyridine rings is 1. The van der Waals surface area contributed by atoms with Crippen molar-refractivity contribution in [3.8, 4) is 6.07 Å². The highest BCUT2D eigenvalue weighted by atomic mass is 32.2. The zero-order valence-electron chi connectivity index (χ0n) is 11.2. The molecule has 1 N–H and O–H groups in total. The summed E-state index contributed by atoms with van der Waals surface area (Å²) in [5, 5.41) is 11.7. The van der Waals surface area contributed by atoms with Gasteiger partial charge in [0.25, 0.3) is 0 Å². The van der Waals surface area contributed by atoms with Gasteiger partial charge < -0.3 is 5.32 Å². The summed E-state index contributed by atoms with van der Waals surface area (Å²) in [7, 11) is 0. The third kappa shape index (κ3) is 2.76. The first-order chi connectivity index (χ1) is 10.3. The van der Waals surface area contributed by atoms with Gasteiger partial charge in [0.1, 0.15) is 11.3 Å². The Balaban J connectivity index is 1.86. The highest BCUT2D eigenvalue weighted by Gasteiger charge is 2.27. The molecule has 21 heavy (non-hydrogen) atoms. The van der Waals surface area contributed by atoms with Crippen molar-refractivity contribution in [1.29, 1.82) is 5.26 Å². The minimum atomic E-state index is -0.227. The van der Waals surface area contributed by atoms with E-state index in [4.69, 9.17) is 5.26 Å². The Labute approximate surface area is 127 Å². The second kappa shape index (κ2) is 5.98. The van der Waals surface area contributed by atoms with E-state index in [0.717, 1.165) is 17.7 Å². The van der Waals surface area contributed by atoms with E-state index in [0.29, 0.717) is 11.3 Å². The molecule has 3 rings (SSSR count). The van der Waals surface area contributed by atoms with E-state index in [1.54, 1.807) is 24.0 Å². The number of anilines is 1. The maximum absolute atomic E-state index is 12.5. The van der Waals surface area contributed by atoms with Crippen LogP contribution in [-0.2, 0) is 11.2 Å². The van der Waals surface area contributed by atoms with E-state index in [2.05, 4.69) is 16.4 Å². The van der Waals surface area contributed by atoms with Gasteiger partial charge in [-0.05, 0) is 29.4 Å². The minimum Gasteiger partial charge on any atom is -0.324 e. The van der Waals surface area contributed by atoms with E-state index >= 15 is 0 Å². The van der Waals surface area contributed by atoms with Gasteiger partial charge in [0, 0.05) is 12.4 Å². The summed E-state index contributed by atoms with van der Waals surface area (Å²) in [5.41, 5.74) is 3.19. The summed E-state index contributed by atoms with van der Waals surface area (Å²) in [6, 6.07) is 11.7. The highest BCUT2D eigenvalue weighted by molar-refractivity contribution is 8.00. The van der Waals surface area contributed by atoms with Crippen molar-refractivity contribution < 1.29 is 4.79 Å². The van der Waals surface area contributed by atoms with Crippen LogP contribution < -0.4 is 5.32 Å². The molecule has 0 spiro atoms. The lowest BCUT2D eigenvalue weighted by molar-refractivity contribution is -0.115. The number of benzene rings is 1. The average Bonchev–Trinajstić information content (AvgIpc) is 2.54. The number of nitrogens with one attached hydrogen (secondary N) is 1. The lowest BCUT2D eigenvalue weighted by atomic mass is 10.0. The van der Waals surface area contributed by atoms with Crippen LogP contribution in [0.15, 0.2) is 42.7 Å².